The highest BCUT2D eigenvalue weighted by Gasteiger charge is 2.34. The summed E-state index contributed by atoms with van der Waals surface area (Å²) < 4.78 is 42.8. The predicted octanol–water partition coefficient (Wildman–Crippen LogP) is 2.99. The summed E-state index contributed by atoms with van der Waals surface area (Å²) >= 11 is 0. The molecule has 13 nitrogen and oxygen atoms in total. The van der Waals surface area contributed by atoms with Crippen LogP contribution in [0, 0.1) is 17.0 Å². The number of carbonyl (C=O) groups is 2. The fraction of sp³-hybridized carbons (Fsp3) is 0.222. The molecule has 2 heterocycles. The molecule has 0 aliphatic carbocycles. The van der Waals surface area contributed by atoms with Crippen LogP contribution in [0.25, 0.3) is 0 Å². The summed E-state index contributed by atoms with van der Waals surface area (Å²) in [6, 6.07) is 8.02. The number of rotatable bonds is 11. The molecular formula is C27H26F2N6O7. The van der Waals surface area contributed by atoms with Gasteiger partial charge in [-0.25, -0.2) is 4.79 Å². The zero-order chi connectivity index (χ0) is 30.7. The number of hydrogen-bond acceptors (Lipinski definition) is 10. The van der Waals surface area contributed by atoms with Crippen molar-refractivity contribution >= 4 is 29.3 Å². The maximum absolute atomic E-state index is 15.9. The number of likely N-dealkylation sites (N-methyl/N-ethyl adjacent to an activating group) is 2. The SMILES string of the molecule is CN1CCN=C1c1cccc(Oc2nc(Oc3cc(C(=N)N)ccc3O)c(F)c(N(C)C(CC(=O)O)C(=O)O)c2F)c1. The third-order valence-electron chi connectivity index (χ3n) is 6.31. The van der Waals surface area contributed by atoms with E-state index in [0.29, 0.717) is 29.4 Å². The van der Waals surface area contributed by atoms with Crippen LogP contribution in [-0.2, 0) is 9.59 Å². The zero-order valence-electron chi connectivity index (χ0n) is 22.3. The summed E-state index contributed by atoms with van der Waals surface area (Å²) in [6.45, 7) is 1.28. The maximum atomic E-state index is 15.9. The van der Waals surface area contributed by atoms with Crippen molar-refractivity contribution in [3.8, 4) is 29.0 Å². The van der Waals surface area contributed by atoms with E-state index in [-0.39, 0.29) is 11.3 Å². The molecule has 1 aliphatic heterocycles. The van der Waals surface area contributed by atoms with Gasteiger partial charge in [0.1, 0.15) is 29.1 Å². The van der Waals surface area contributed by atoms with E-state index in [1.165, 1.54) is 12.1 Å². The number of carboxylic acid groups (broad SMARTS) is 2. The summed E-state index contributed by atoms with van der Waals surface area (Å²) in [5.41, 5.74) is 5.21. The normalized spacial score (nSPS) is 13.3. The average molecular weight is 585 g/mol. The van der Waals surface area contributed by atoms with E-state index >= 15 is 8.78 Å². The Morgan fingerprint density at radius 1 is 1.14 bits per heavy atom. The number of amidine groups is 2. The third kappa shape index (κ3) is 6.14. The van der Waals surface area contributed by atoms with Crippen LogP contribution in [0.1, 0.15) is 17.5 Å². The van der Waals surface area contributed by atoms with Crippen molar-refractivity contribution < 1.29 is 43.2 Å². The Labute approximate surface area is 237 Å². The Balaban J connectivity index is 1.84. The number of benzene rings is 2. The predicted molar refractivity (Wildman–Crippen MR) is 146 cm³/mol. The summed E-state index contributed by atoms with van der Waals surface area (Å²) in [7, 11) is 2.83. The molecular weight excluding hydrogens is 558 g/mol. The highest BCUT2D eigenvalue weighted by molar-refractivity contribution is 6.00. The van der Waals surface area contributed by atoms with E-state index < -0.39 is 70.8 Å². The van der Waals surface area contributed by atoms with E-state index in [1.807, 2.05) is 11.9 Å². The van der Waals surface area contributed by atoms with Gasteiger partial charge in [0.2, 0.25) is 11.6 Å². The monoisotopic (exact) mass is 584 g/mol. The number of ether oxygens (including phenoxy) is 2. The van der Waals surface area contributed by atoms with E-state index in [2.05, 4.69) is 9.98 Å². The Bertz CT molecular complexity index is 1600. The number of carboxylic acids is 2. The smallest absolute Gasteiger partial charge is 0.326 e. The molecule has 42 heavy (non-hydrogen) atoms. The summed E-state index contributed by atoms with van der Waals surface area (Å²) in [5.74, 6) is -8.52. The van der Waals surface area contributed by atoms with Crippen LogP contribution in [0.5, 0.6) is 29.0 Å². The van der Waals surface area contributed by atoms with Crippen molar-refractivity contribution in [2.45, 2.75) is 12.5 Å². The first-order valence-electron chi connectivity index (χ1n) is 12.3. The van der Waals surface area contributed by atoms with Gasteiger partial charge in [-0.2, -0.15) is 13.8 Å². The number of nitrogens with one attached hydrogen (secondary N) is 1. The lowest BCUT2D eigenvalue weighted by molar-refractivity contribution is -0.145. The van der Waals surface area contributed by atoms with E-state index in [9.17, 15) is 24.9 Å². The Morgan fingerprint density at radius 2 is 1.83 bits per heavy atom. The first kappa shape index (κ1) is 29.5. The van der Waals surface area contributed by atoms with Crippen LogP contribution in [0.4, 0.5) is 14.5 Å². The molecule has 1 atom stereocenters. The molecule has 0 saturated carbocycles. The number of anilines is 1. The van der Waals surface area contributed by atoms with Gasteiger partial charge in [-0.3, -0.25) is 15.2 Å². The van der Waals surface area contributed by atoms with E-state index in [4.69, 9.17) is 20.6 Å². The molecule has 1 aliphatic rings. The van der Waals surface area contributed by atoms with Crippen LogP contribution in [-0.4, -0.2) is 82.0 Å². The van der Waals surface area contributed by atoms with Gasteiger partial charge < -0.3 is 40.3 Å². The van der Waals surface area contributed by atoms with Crippen LogP contribution in [0.15, 0.2) is 47.5 Å². The van der Waals surface area contributed by atoms with Crippen molar-refractivity contribution in [2.24, 2.45) is 10.7 Å². The number of halogens is 2. The minimum absolute atomic E-state index is 0.0646. The van der Waals surface area contributed by atoms with Crippen LogP contribution >= 0.6 is 0 Å². The highest BCUT2D eigenvalue weighted by atomic mass is 19.1. The number of nitrogens with zero attached hydrogens (tertiary/aromatic N) is 4. The number of hydrogen-bond donors (Lipinski definition) is 5. The fourth-order valence-electron chi connectivity index (χ4n) is 4.17. The number of pyridine rings is 1. The second kappa shape index (κ2) is 12.0. The standard InChI is InChI=1S/C27H26F2N6O7/c1-34-9-8-32-24(34)14-4-3-5-15(10-14)41-25-20(28)22(35(2)16(27(39)40)12-19(37)38)21(29)26(33-25)42-18-11-13(23(30)31)6-7-17(18)36/h3-7,10-11,16,36H,8-9,12H2,1-2H3,(H3,30,31)(H,37,38)(H,39,40). The first-order chi connectivity index (χ1) is 19.9. The summed E-state index contributed by atoms with van der Waals surface area (Å²) in [4.78, 5) is 33.9. The quantitative estimate of drug-likeness (QED) is 0.164. The topological polar surface area (TPSA) is 195 Å². The third-order valence-corrected chi connectivity index (χ3v) is 6.31. The van der Waals surface area contributed by atoms with Crippen molar-refractivity contribution in [1.29, 1.82) is 5.41 Å². The van der Waals surface area contributed by atoms with Crippen molar-refractivity contribution in [2.75, 3.05) is 32.1 Å². The second-order valence-corrected chi connectivity index (χ2v) is 9.22. The van der Waals surface area contributed by atoms with Crippen LogP contribution in [0.3, 0.4) is 0 Å². The molecule has 0 spiro atoms. The van der Waals surface area contributed by atoms with Gasteiger partial charge in [0.25, 0.3) is 11.8 Å². The van der Waals surface area contributed by atoms with Gasteiger partial charge in [0.05, 0.1) is 13.0 Å². The van der Waals surface area contributed by atoms with Gasteiger partial charge in [0, 0.05) is 31.8 Å². The Kier molecular flexibility index (Phi) is 8.40. The minimum Gasteiger partial charge on any atom is -0.504 e. The van der Waals surface area contributed by atoms with Crippen molar-refractivity contribution in [1.82, 2.24) is 9.88 Å². The zero-order valence-corrected chi connectivity index (χ0v) is 22.3. The number of nitrogens with two attached hydrogens (primary N) is 1. The number of aromatic hydroxyl groups is 1. The molecule has 3 aromatic rings. The van der Waals surface area contributed by atoms with Crippen LogP contribution in [0.2, 0.25) is 0 Å². The lowest BCUT2D eigenvalue weighted by atomic mass is 10.1. The fourth-order valence-corrected chi connectivity index (χ4v) is 4.17. The summed E-state index contributed by atoms with van der Waals surface area (Å²) in [6.07, 6.45) is -1.00. The number of phenols is 1. The van der Waals surface area contributed by atoms with Gasteiger partial charge in [0.15, 0.2) is 11.5 Å². The van der Waals surface area contributed by atoms with Gasteiger partial charge in [-0.1, -0.05) is 12.1 Å². The van der Waals surface area contributed by atoms with Crippen molar-refractivity contribution in [3.63, 3.8) is 0 Å². The number of aliphatic carboxylic acids is 2. The molecule has 6 N–H and O–H groups in total. The molecule has 1 unspecified atom stereocenters. The van der Waals surface area contributed by atoms with Gasteiger partial charge in [-0.05, 0) is 30.3 Å². The molecule has 2 aromatic carbocycles. The van der Waals surface area contributed by atoms with E-state index in [1.54, 1.807) is 18.2 Å². The average Bonchev–Trinajstić information content (AvgIpc) is 3.36. The molecule has 4 rings (SSSR count). The number of aliphatic imine (C=N–C) groups is 1. The maximum Gasteiger partial charge on any atom is 0.326 e. The van der Waals surface area contributed by atoms with Gasteiger partial charge >= 0.3 is 11.9 Å². The minimum atomic E-state index is -1.90. The lowest BCUT2D eigenvalue weighted by Gasteiger charge is -2.27. The number of phenolic OH excluding ortho intramolecular Hbond substituents is 1. The van der Waals surface area contributed by atoms with Crippen molar-refractivity contribution in [3.05, 3.63) is 65.2 Å². The van der Waals surface area contributed by atoms with Gasteiger partial charge in [-0.15, -0.1) is 0 Å². The van der Waals surface area contributed by atoms with Crippen LogP contribution < -0.4 is 20.1 Å². The Morgan fingerprint density at radius 3 is 2.43 bits per heavy atom. The highest BCUT2D eigenvalue weighted by Crippen LogP contribution is 2.40. The molecule has 0 bridgehead atoms. The second-order valence-electron chi connectivity index (χ2n) is 9.22. The molecule has 0 fully saturated rings. The summed E-state index contributed by atoms with van der Waals surface area (Å²) in [5, 5.41) is 36.7. The molecule has 220 valence electrons. The largest absolute Gasteiger partial charge is 0.504 e. The Hall–Kier alpha value is -5.47. The molecule has 1 aromatic heterocycles. The lowest BCUT2D eigenvalue weighted by Crippen LogP contribution is -2.41. The number of nitrogen functional groups attached to an aromatic ring is 1. The molecule has 0 radical (unpaired) electrons. The number of aromatic nitrogens is 1. The molecule has 0 amide bonds. The molecule has 0 saturated heterocycles. The first-order valence-corrected chi connectivity index (χ1v) is 12.3. The van der Waals surface area contributed by atoms with E-state index in [0.717, 1.165) is 19.2 Å². The molecule has 15 heteroatoms.